The third-order valence-corrected chi connectivity index (χ3v) is 6.50. The van der Waals surface area contributed by atoms with Gasteiger partial charge in [0.1, 0.15) is 0 Å². The zero-order chi connectivity index (χ0) is 16.2. The monoisotopic (exact) mass is 319 g/mol. The molecule has 2 bridgehead atoms. The molecule has 0 saturated heterocycles. The average Bonchev–Trinajstić information content (AvgIpc) is 2.73. The molecule has 2 unspecified atom stereocenters. The van der Waals surface area contributed by atoms with Crippen molar-refractivity contribution in [1.82, 2.24) is 0 Å². The van der Waals surface area contributed by atoms with Crippen LogP contribution in [0.25, 0.3) is 6.08 Å². The van der Waals surface area contributed by atoms with E-state index in [1.807, 2.05) is 50.3 Å². The summed E-state index contributed by atoms with van der Waals surface area (Å²) in [5.74, 6) is -0.192. The number of fused-ring (bicyclic) bond motifs is 2. The molecule has 1 aromatic carbocycles. The van der Waals surface area contributed by atoms with Crippen LogP contribution in [0.1, 0.15) is 32.3 Å². The molecular formula is C17H21NO3S. The first-order valence-corrected chi connectivity index (χ1v) is 9.21. The van der Waals surface area contributed by atoms with Crippen LogP contribution in [0, 0.1) is 16.7 Å². The van der Waals surface area contributed by atoms with E-state index in [4.69, 9.17) is 5.14 Å². The maximum absolute atomic E-state index is 13.0. The summed E-state index contributed by atoms with van der Waals surface area (Å²) in [5, 5.41) is 5.28. The Labute approximate surface area is 131 Å². The van der Waals surface area contributed by atoms with Gasteiger partial charge in [0.25, 0.3) is 0 Å². The molecule has 2 aliphatic rings. The maximum Gasteiger partial charge on any atom is 0.210 e. The Morgan fingerprint density at radius 2 is 1.91 bits per heavy atom. The lowest BCUT2D eigenvalue weighted by Gasteiger charge is -2.34. The Balaban J connectivity index is 2.09. The highest BCUT2D eigenvalue weighted by Crippen LogP contribution is 2.66. The quantitative estimate of drug-likeness (QED) is 0.869. The van der Waals surface area contributed by atoms with Crippen molar-refractivity contribution in [3.8, 4) is 0 Å². The Morgan fingerprint density at radius 1 is 1.27 bits per heavy atom. The molecule has 2 atom stereocenters. The van der Waals surface area contributed by atoms with Crippen LogP contribution < -0.4 is 5.14 Å². The molecule has 2 aliphatic carbocycles. The molecule has 5 heteroatoms. The van der Waals surface area contributed by atoms with Gasteiger partial charge in [-0.2, -0.15) is 0 Å². The Morgan fingerprint density at radius 3 is 2.50 bits per heavy atom. The number of benzene rings is 1. The highest BCUT2D eigenvalue weighted by Gasteiger charge is 2.67. The number of primary sulfonamides is 1. The van der Waals surface area contributed by atoms with E-state index in [-0.39, 0.29) is 22.9 Å². The van der Waals surface area contributed by atoms with Gasteiger partial charge in [-0.15, -0.1) is 0 Å². The number of Topliss-reactive ketones (excluding diaryl/α,β-unsaturated/α-hetero) is 1. The van der Waals surface area contributed by atoms with Crippen LogP contribution >= 0.6 is 0 Å². The molecule has 2 saturated carbocycles. The Bertz CT molecular complexity index is 749. The summed E-state index contributed by atoms with van der Waals surface area (Å²) in [5.41, 5.74) is 0.481. The number of carbonyl (C=O) groups excluding carboxylic acids is 1. The van der Waals surface area contributed by atoms with Crippen LogP contribution in [0.15, 0.2) is 35.9 Å². The van der Waals surface area contributed by atoms with Crippen molar-refractivity contribution < 1.29 is 13.2 Å². The number of rotatable bonds is 3. The number of hydrogen-bond donors (Lipinski definition) is 1. The first-order valence-electron chi connectivity index (χ1n) is 7.49. The molecule has 0 radical (unpaired) electrons. The Hall–Kier alpha value is -1.46. The molecule has 0 aliphatic heterocycles. The summed E-state index contributed by atoms with van der Waals surface area (Å²) in [6.07, 6.45) is 3.36. The van der Waals surface area contributed by atoms with Crippen molar-refractivity contribution in [1.29, 1.82) is 0 Å². The number of allylic oxidation sites excluding steroid dienone is 1. The minimum Gasteiger partial charge on any atom is -0.294 e. The van der Waals surface area contributed by atoms with Gasteiger partial charge in [-0.3, -0.25) is 4.79 Å². The molecular weight excluding hydrogens is 298 g/mol. The summed E-state index contributed by atoms with van der Waals surface area (Å²) >= 11 is 0. The molecule has 2 fully saturated rings. The lowest BCUT2D eigenvalue weighted by Crippen LogP contribution is -2.44. The van der Waals surface area contributed by atoms with Gasteiger partial charge in [0.15, 0.2) is 5.78 Å². The van der Waals surface area contributed by atoms with Gasteiger partial charge in [0.05, 0.1) is 11.2 Å². The number of ketones is 1. The average molecular weight is 319 g/mol. The molecule has 0 amide bonds. The maximum atomic E-state index is 13.0. The highest BCUT2D eigenvalue weighted by atomic mass is 32.2. The van der Waals surface area contributed by atoms with Gasteiger partial charge in [-0.25, -0.2) is 13.6 Å². The number of nitrogens with two attached hydrogens (primary N) is 1. The predicted octanol–water partition coefficient (Wildman–Crippen LogP) is 2.36. The fourth-order valence-corrected chi connectivity index (χ4v) is 5.69. The van der Waals surface area contributed by atoms with E-state index in [2.05, 4.69) is 0 Å². The summed E-state index contributed by atoms with van der Waals surface area (Å²) in [7, 11) is -3.70. The molecule has 118 valence electrons. The van der Waals surface area contributed by atoms with Gasteiger partial charge >= 0.3 is 0 Å². The van der Waals surface area contributed by atoms with Gasteiger partial charge in [-0.05, 0) is 35.8 Å². The van der Waals surface area contributed by atoms with Gasteiger partial charge in [-0.1, -0.05) is 44.2 Å². The van der Waals surface area contributed by atoms with E-state index in [0.717, 1.165) is 17.6 Å². The minimum atomic E-state index is -3.70. The Kier molecular flexibility index (Phi) is 3.34. The smallest absolute Gasteiger partial charge is 0.210 e. The molecule has 0 aromatic heterocycles. The van der Waals surface area contributed by atoms with E-state index in [1.165, 1.54) is 0 Å². The normalized spacial score (nSPS) is 31.9. The number of hydrogen-bond acceptors (Lipinski definition) is 3. The summed E-state index contributed by atoms with van der Waals surface area (Å²) < 4.78 is 23.3. The lowest BCUT2D eigenvalue weighted by molar-refractivity contribution is -0.125. The zero-order valence-corrected chi connectivity index (χ0v) is 13.7. The van der Waals surface area contributed by atoms with Crippen LogP contribution in [-0.2, 0) is 14.8 Å². The van der Waals surface area contributed by atoms with Crippen LogP contribution in [0.5, 0.6) is 0 Å². The van der Waals surface area contributed by atoms with Crippen LogP contribution in [-0.4, -0.2) is 20.0 Å². The molecule has 0 spiro atoms. The van der Waals surface area contributed by atoms with Gasteiger partial charge < -0.3 is 0 Å². The second-order valence-corrected chi connectivity index (χ2v) is 8.66. The molecule has 0 heterocycles. The first kappa shape index (κ1) is 15.4. The number of sulfonamides is 1. The van der Waals surface area contributed by atoms with Crippen molar-refractivity contribution in [2.24, 2.45) is 21.9 Å². The summed E-state index contributed by atoms with van der Waals surface area (Å²) in [4.78, 5) is 13.0. The van der Waals surface area contributed by atoms with E-state index in [9.17, 15) is 13.2 Å². The van der Waals surface area contributed by atoms with Gasteiger partial charge in [0.2, 0.25) is 10.0 Å². The van der Waals surface area contributed by atoms with Gasteiger partial charge in [0, 0.05) is 5.57 Å². The summed E-state index contributed by atoms with van der Waals surface area (Å²) in [6, 6.07) is 9.68. The predicted molar refractivity (Wildman–Crippen MR) is 86.3 cm³/mol. The van der Waals surface area contributed by atoms with Crippen molar-refractivity contribution in [2.45, 2.75) is 26.7 Å². The lowest BCUT2D eigenvalue weighted by atomic mass is 9.70. The van der Waals surface area contributed by atoms with E-state index >= 15 is 0 Å². The SMILES string of the molecule is CC1(C)C2CCC1(CS(N)(=O)=O)C(=O)C2=Cc1ccccc1. The van der Waals surface area contributed by atoms with Crippen LogP contribution in [0.4, 0.5) is 0 Å². The van der Waals surface area contributed by atoms with Crippen LogP contribution in [0.2, 0.25) is 0 Å². The van der Waals surface area contributed by atoms with Crippen LogP contribution in [0.3, 0.4) is 0 Å². The van der Waals surface area contributed by atoms with E-state index in [1.54, 1.807) is 0 Å². The topological polar surface area (TPSA) is 77.2 Å². The first-order chi connectivity index (χ1) is 10.2. The van der Waals surface area contributed by atoms with E-state index < -0.39 is 15.4 Å². The summed E-state index contributed by atoms with van der Waals surface area (Å²) in [6.45, 7) is 4.00. The molecule has 3 rings (SSSR count). The molecule has 4 nitrogen and oxygen atoms in total. The van der Waals surface area contributed by atoms with Crippen molar-refractivity contribution >= 4 is 21.9 Å². The largest absolute Gasteiger partial charge is 0.294 e. The van der Waals surface area contributed by atoms with E-state index in [0.29, 0.717) is 6.42 Å². The third kappa shape index (κ3) is 2.15. The molecule has 1 aromatic rings. The van der Waals surface area contributed by atoms with Crippen molar-refractivity contribution in [3.05, 3.63) is 41.5 Å². The second kappa shape index (κ2) is 4.77. The highest BCUT2D eigenvalue weighted by molar-refractivity contribution is 7.89. The fourth-order valence-electron chi connectivity index (χ4n) is 4.35. The standard InChI is InChI=1S/C17H21NO3S/c1-16(2)14-8-9-17(16,11-22(18,20)21)15(19)13(14)10-12-6-4-3-5-7-12/h3-7,10,14H,8-9,11H2,1-2H3,(H2,18,20,21). The second-order valence-electron chi connectivity index (χ2n) is 7.04. The van der Waals surface area contributed by atoms with Crippen molar-refractivity contribution in [2.75, 3.05) is 5.75 Å². The molecule has 2 N–H and O–H groups in total. The minimum absolute atomic E-state index is 0.0355. The number of carbonyl (C=O) groups is 1. The fraction of sp³-hybridized carbons (Fsp3) is 0.471. The van der Waals surface area contributed by atoms with Crippen molar-refractivity contribution in [3.63, 3.8) is 0 Å². The third-order valence-electron chi connectivity index (χ3n) is 5.61. The molecule has 22 heavy (non-hydrogen) atoms. The zero-order valence-electron chi connectivity index (χ0n) is 12.9.